The summed E-state index contributed by atoms with van der Waals surface area (Å²) in [5, 5.41) is 8.86. The average molecular weight is 394 g/mol. The molecule has 0 saturated heterocycles. The molecule has 5 nitrogen and oxygen atoms in total. The van der Waals surface area contributed by atoms with Gasteiger partial charge in [-0.05, 0) is 49.1 Å². The maximum absolute atomic E-state index is 12.7. The fourth-order valence-corrected chi connectivity index (χ4v) is 2.91. The molecule has 6 heteroatoms. The lowest BCUT2D eigenvalue weighted by Gasteiger charge is -2.24. The molecule has 0 fully saturated rings. The topological polar surface area (TPSA) is 70.4 Å². The average Bonchev–Trinajstić information content (AvgIpc) is 2.73. The molecule has 0 heterocycles. The Morgan fingerprint density at radius 2 is 1.86 bits per heavy atom. The van der Waals surface area contributed by atoms with E-state index in [9.17, 15) is 9.59 Å². The first-order valence-electron chi connectivity index (χ1n) is 8.81. The van der Waals surface area contributed by atoms with E-state index in [1.54, 1.807) is 30.0 Å². The Balaban J connectivity index is 2.01. The van der Waals surface area contributed by atoms with Crippen molar-refractivity contribution in [1.29, 1.82) is 5.26 Å². The van der Waals surface area contributed by atoms with Gasteiger partial charge in [0.1, 0.15) is 0 Å². The van der Waals surface area contributed by atoms with Gasteiger partial charge < -0.3 is 9.64 Å². The second-order valence-electron chi connectivity index (χ2n) is 5.92. The highest BCUT2D eigenvalue weighted by molar-refractivity contribution is 7.98. The number of carbonyl (C=O) groups excluding carboxylic acids is 2. The number of hydrogen-bond acceptors (Lipinski definition) is 5. The lowest BCUT2D eigenvalue weighted by Crippen LogP contribution is -2.40. The largest absolute Gasteiger partial charge is 0.449 e. The molecule has 28 heavy (non-hydrogen) atoms. The van der Waals surface area contributed by atoms with Gasteiger partial charge in [0.25, 0.3) is 5.91 Å². The molecule has 0 spiro atoms. The van der Waals surface area contributed by atoms with E-state index in [0.29, 0.717) is 5.69 Å². The maximum Gasteiger partial charge on any atom is 0.331 e. The number of nitrogens with zero attached hydrogens (tertiary/aromatic N) is 2. The van der Waals surface area contributed by atoms with E-state index in [1.807, 2.05) is 54.8 Å². The molecule has 0 unspecified atom stereocenters. The monoisotopic (exact) mass is 394 g/mol. The number of hydrogen-bond donors (Lipinski definition) is 0. The fourth-order valence-electron chi connectivity index (χ4n) is 2.50. The Morgan fingerprint density at radius 3 is 2.46 bits per heavy atom. The number of ether oxygens (including phenoxy) is 1. The molecule has 1 atom stereocenters. The van der Waals surface area contributed by atoms with Crippen LogP contribution in [0.15, 0.2) is 65.6 Å². The van der Waals surface area contributed by atoms with Crippen molar-refractivity contribution in [3.05, 3.63) is 66.2 Å². The molecular weight excluding hydrogens is 372 g/mol. The van der Waals surface area contributed by atoms with Gasteiger partial charge in [0, 0.05) is 23.2 Å². The van der Waals surface area contributed by atoms with Crippen LogP contribution in [0.5, 0.6) is 0 Å². The van der Waals surface area contributed by atoms with Gasteiger partial charge in [-0.1, -0.05) is 30.3 Å². The Kier molecular flexibility index (Phi) is 8.32. The molecule has 1 amide bonds. The zero-order chi connectivity index (χ0) is 20.4. The molecule has 0 aliphatic carbocycles. The molecule has 0 bridgehead atoms. The normalized spacial score (nSPS) is 11.6. The van der Waals surface area contributed by atoms with Gasteiger partial charge in [-0.25, -0.2) is 4.79 Å². The van der Waals surface area contributed by atoms with Crippen LogP contribution in [-0.2, 0) is 14.3 Å². The van der Waals surface area contributed by atoms with Gasteiger partial charge >= 0.3 is 5.97 Å². The summed E-state index contributed by atoms with van der Waals surface area (Å²) in [4.78, 5) is 27.4. The van der Waals surface area contributed by atoms with Gasteiger partial charge in [-0.3, -0.25) is 4.79 Å². The van der Waals surface area contributed by atoms with Gasteiger partial charge in [-0.15, -0.1) is 11.8 Å². The Bertz CT molecular complexity index is 858. The maximum atomic E-state index is 12.7. The smallest absolute Gasteiger partial charge is 0.331 e. The molecule has 0 N–H and O–H groups in total. The van der Waals surface area contributed by atoms with E-state index < -0.39 is 12.1 Å². The Labute approximate surface area is 169 Å². The van der Waals surface area contributed by atoms with E-state index in [1.165, 1.54) is 17.9 Å². The minimum Gasteiger partial charge on any atom is -0.449 e. The van der Waals surface area contributed by atoms with E-state index in [-0.39, 0.29) is 18.9 Å². The van der Waals surface area contributed by atoms with Crippen molar-refractivity contribution in [1.82, 2.24) is 0 Å². The Morgan fingerprint density at radius 1 is 1.18 bits per heavy atom. The highest BCUT2D eigenvalue weighted by Gasteiger charge is 2.24. The third-order valence-corrected chi connectivity index (χ3v) is 4.69. The minimum absolute atomic E-state index is 0.188. The molecule has 0 aliphatic heterocycles. The first-order chi connectivity index (χ1) is 13.5. The van der Waals surface area contributed by atoms with Crippen molar-refractivity contribution in [2.24, 2.45) is 0 Å². The molecule has 0 aliphatic rings. The summed E-state index contributed by atoms with van der Waals surface area (Å²) in [5.41, 5.74) is 1.53. The van der Waals surface area contributed by atoms with Crippen LogP contribution >= 0.6 is 11.8 Å². The van der Waals surface area contributed by atoms with Gasteiger partial charge in [0.2, 0.25) is 0 Å². The van der Waals surface area contributed by atoms with E-state index in [0.717, 1.165) is 10.5 Å². The zero-order valence-electron chi connectivity index (χ0n) is 15.9. The minimum atomic E-state index is -0.963. The third-order valence-electron chi connectivity index (χ3n) is 3.95. The number of rotatable bonds is 8. The highest BCUT2D eigenvalue weighted by Crippen LogP contribution is 2.17. The summed E-state index contributed by atoms with van der Waals surface area (Å²) in [6.07, 6.45) is 4.17. The van der Waals surface area contributed by atoms with Crippen LogP contribution in [0, 0.1) is 11.3 Å². The molecule has 0 radical (unpaired) electrons. The predicted octanol–water partition coefficient (Wildman–Crippen LogP) is 4.30. The molecule has 2 rings (SSSR count). The first kappa shape index (κ1) is 21.3. The SMILES string of the molecule is CSc1ccc(/C=C/C(=O)O[C@H](C)C(=O)N(CCC#N)c2ccccc2)cc1. The quantitative estimate of drug-likeness (QED) is 0.379. The van der Waals surface area contributed by atoms with Crippen molar-refractivity contribution in [3.8, 4) is 6.07 Å². The third kappa shape index (κ3) is 6.29. The number of benzene rings is 2. The van der Waals surface area contributed by atoms with Gasteiger partial charge in [0.15, 0.2) is 6.10 Å². The lowest BCUT2D eigenvalue weighted by atomic mass is 10.2. The van der Waals surface area contributed by atoms with Crippen LogP contribution in [-0.4, -0.2) is 30.8 Å². The van der Waals surface area contributed by atoms with Crippen LogP contribution in [0.25, 0.3) is 6.08 Å². The van der Waals surface area contributed by atoms with Gasteiger partial charge in [0.05, 0.1) is 12.5 Å². The molecule has 144 valence electrons. The summed E-state index contributed by atoms with van der Waals surface area (Å²) in [7, 11) is 0. The highest BCUT2D eigenvalue weighted by atomic mass is 32.2. The van der Waals surface area contributed by atoms with Crippen molar-refractivity contribution in [2.75, 3.05) is 17.7 Å². The summed E-state index contributed by atoms with van der Waals surface area (Å²) in [6, 6.07) is 18.8. The molecule has 0 saturated carbocycles. The number of anilines is 1. The van der Waals surface area contributed by atoms with Crippen LogP contribution in [0.4, 0.5) is 5.69 Å². The number of nitriles is 1. The number of thioether (sulfide) groups is 1. The number of para-hydroxylation sites is 1. The molecule has 2 aromatic carbocycles. The molecular formula is C22H22N2O3S. The summed E-state index contributed by atoms with van der Waals surface area (Å²) in [5.74, 6) is -0.962. The van der Waals surface area contributed by atoms with Gasteiger partial charge in [-0.2, -0.15) is 5.26 Å². The van der Waals surface area contributed by atoms with E-state index >= 15 is 0 Å². The second-order valence-corrected chi connectivity index (χ2v) is 6.80. The fraction of sp³-hybridized carbons (Fsp3) is 0.227. The first-order valence-corrected chi connectivity index (χ1v) is 10.0. The number of amides is 1. The molecule has 2 aromatic rings. The van der Waals surface area contributed by atoms with E-state index in [2.05, 4.69) is 0 Å². The molecule has 0 aromatic heterocycles. The number of esters is 1. The number of carbonyl (C=O) groups is 2. The second kappa shape index (κ2) is 11.0. The van der Waals surface area contributed by atoms with Crippen LogP contribution in [0.1, 0.15) is 18.9 Å². The summed E-state index contributed by atoms with van der Waals surface area (Å²) in [6.45, 7) is 1.77. The van der Waals surface area contributed by atoms with Crippen molar-refractivity contribution in [3.63, 3.8) is 0 Å². The summed E-state index contributed by atoms with van der Waals surface area (Å²) < 4.78 is 5.26. The summed E-state index contributed by atoms with van der Waals surface area (Å²) >= 11 is 1.64. The Hall–Kier alpha value is -3.04. The van der Waals surface area contributed by atoms with Crippen molar-refractivity contribution >= 4 is 35.4 Å². The zero-order valence-corrected chi connectivity index (χ0v) is 16.7. The lowest BCUT2D eigenvalue weighted by molar-refractivity contribution is -0.149. The van der Waals surface area contributed by atoms with Crippen LogP contribution in [0.3, 0.4) is 0 Å². The van der Waals surface area contributed by atoms with Crippen LogP contribution in [0.2, 0.25) is 0 Å². The van der Waals surface area contributed by atoms with Crippen LogP contribution < -0.4 is 4.90 Å². The van der Waals surface area contributed by atoms with E-state index in [4.69, 9.17) is 10.00 Å². The van der Waals surface area contributed by atoms with Crippen molar-refractivity contribution < 1.29 is 14.3 Å². The van der Waals surface area contributed by atoms with Crippen molar-refractivity contribution in [2.45, 2.75) is 24.3 Å². The predicted molar refractivity (Wildman–Crippen MR) is 112 cm³/mol. The standard InChI is InChI=1S/C22H22N2O3S/c1-17(22(26)24(16-6-15-23)19-7-4-3-5-8-19)27-21(25)14-11-18-9-12-20(28-2)13-10-18/h3-5,7-14,17H,6,16H2,1-2H3/b14-11+/t17-/m1/s1.